The zero-order valence-corrected chi connectivity index (χ0v) is 17.0. The number of nitrogens with one attached hydrogen (secondary N) is 1. The number of pyridine rings is 1. The summed E-state index contributed by atoms with van der Waals surface area (Å²) in [7, 11) is 0. The number of aliphatic hydroxyl groups excluding tert-OH is 1. The molecule has 3 aromatic rings. The first-order valence-electron chi connectivity index (χ1n) is 9.27. The standard InChI is InChI=1S/C21H23ClN2O2S/c1-3-18(25)19-8-17-21(27-19)15(4-5-24-17)16-7-14(22)6-12(2)20(16)26-11-13-9-23-10-13/h4-8,13,18,23,25H,3,9-11H2,1-2H3. The summed E-state index contributed by atoms with van der Waals surface area (Å²) in [6.45, 7) is 6.71. The Morgan fingerprint density at radius 3 is 2.85 bits per heavy atom. The van der Waals surface area contributed by atoms with E-state index < -0.39 is 6.10 Å². The van der Waals surface area contributed by atoms with Gasteiger partial charge in [0.2, 0.25) is 0 Å². The van der Waals surface area contributed by atoms with Crippen molar-refractivity contribution < 1.29 is 9.84 Å². The van der Waals surface area contributed by atoms with Gasteiger partial charge in [-0.1, -0.05) is 18.5 Å². The number of halogens is 1. The minimum Gasteiger partial charge on any atom is -0.492 e. The molecule has 1 aliphatic rings. The van der Waals surface area contributed by atoms with Gasteiger partial charge in [-0.05, 0) is 43.2 Å². The van der Waals surface area contributed by atoms with Crippen LogP contribution < -0.4 is 10.1 Å². The summed E-state index contributed by atoms with van der Waals surface area (Å²) in [5.41, 5.74) is 3.96. The molecule has 6 heteroatoms. The lowest BCUT2D eigenvalue weighted by atomic mass is 10.0. The number of fused-ring (bicyclic) bond motifs is 1. The first-order valence-corrected chi connectivity index (χ1v) is 10.5. The van der Waals surface area contributed by atoms with Crippen LogP contribution in [0.25, 0.3) is 21.3 Å². The summed E-state index contributed by atoms with van der Waals surface area (Å²) in [5, 5.41) is 14.2. The molecule has 1 saturated heterocycles. The lowest BCUT2D eigenvalue weighted by molar-refractivity contribution is 0.177. The first-order chi connectivity index (χ1) is 13.1. The molecular formula is C21H23ClN2O2S. The van der Waals surface area contributed by atoms with E-state index in [4.69, 9.17) is 16.3 Å². The number of nitrogens with zero attached hydrogens (tertiary/aromatic N) is 1. The maximum Gasteiger partial charge on any atom is 0.130 e. The van der Waals surface area contributed by atoms with E-state index in [0.717, 1.165) is 50.6 Å². The van der Waals surface area contributed by atoms with Crippen LogP contribution in [0.3, 0.4) is 0 Å². The maximum atomic E-state index is 10.2. The van der Waals surface area contributed by atoms with Gasteiger partial charge in [0.15, 0.2) is 0 Å². The Morgan fingerprint density at radius 2 is 2.15 bits per heavy atom. The monoisotopic (exact) mass is 402 g/mol. The second kappa shape index (κ2) is 7.76. The SMILES string of the molecule is CCC(O)c1cc2nccc(-c3cc(Cl)cc(C)c3OCC3CNC3)c2s1. The van der Waals surface area contributed by atoms with Crippen LogP contribution >= 0.6 is 22.9 Å². The van der Waals surface area contributed by atoms with Crippen molar-refractivity contribution in [3.05, 3.63) is 45.9 Å². The fourth-order valence-electron chi connectivity index (χ4n) is 3.32. The highest BCUT2D eigenvalue weighted by atomic mass is 35.5. The summed E-state index contributed by atoms with van der Waals surface area (Å²) in [4.78, 5) is 5.43. The maximum absolute atomic E-state index is 10.2. The number of benzene rings is 1. The molecule has 4 rings (SSSR count). The van der Waals surface area contributed by atoms with Crippen molar-refractivity contribution in [3.63, 3.8) is 0 Å². The van der Waals surface area contributed by atoms with E-state index in [-0.39, 0.29) is 0 Å². The Morgan fingerprint density at radius 1 is 1.33 bits per heavy atom. The lowest BCUT2D eigenvalue weighted by Crippen LogP contribution is -2.45. The summed E-state index contributed by atoms with van der Waals surface area (Å²) in [6, 6.07) is 7.89. The molecule has 0 saturated carbocycles. The Hall–Kier alpha value is -1.66. The number of rotatable bonds is 6. The molecule has 2 N–H and O–H groups in total. The van der Waals surface area contributed by atoms with Gasteiger partial charge in [0, 0.05) is 46.2 Å². The van der Waals surface area contributed by atoms with E-state index >= 15 is 0 Å². The number of hydrogen-bond donors (Lipinski definition) is 2. The molecule has 2 aromatic heterocycles. The summed E-state index contributed by atoms with van der Waals surface area (Å²) in [5.74, 6) is 1.43. The van der Waals surface area contributed by atoms with E-state index in [9.17, 15) is 5.11 Å². The highest BCUT2D eigenvalue weighted by Gasteiger charge is 2.21. The highest BCUT2D eigenvalue weighted by molar-refractivity contribution is 7.19. The zero-order chi connectivity index (χ0) is 19.0. The molecule has 142 valence electrons. The number of aryl methyl sites for hydroxylation is 1. The molecule has 0 aliphatic carbocycles. The molecule has 0 radical (unpaired) electrons. The molecule has 4 nitrogen and oxygen atoms in total. The number of aromatic nitrogens is 1. The van der Waals surface area contributed by atoms with E-state index in [0.29, 0.717) is 24.0 Å². The number of ether oxygens (including phenoxy) is 1. The minimum atomic E-state index is -0.458. The van der Waals surface area contributed by atoms with Crippen molar-refractivity contribution in [2.75, 3.05) is 19.7 Å². The van der Waals surface area contributed by atoms with Crippen molar-refractivity contribution in [2.24, 2.45) is 5.92 Å². The average molecular weight is 403 g/mol. The van der Waals surface area contributed by atoms with Crippen molar-refractivity contribution in [3.8, 4) is 16.9 Å². The van der Waals surface area contributed by atoms with Gasteiger partial charge < -0.3 is 15.2 Å². The quantitative estimate of drug-likeness (QED) is 0.611. The van der Waals surface area contributed by atoms with Crippen LogP contribution in [0.1, 0.15) is 29.9 Å². The Balaban J connectivity index is 1.80. The molecule has 1 aromatic carbocycles. The molecule has 1 aliphatic heterocycles. The van der Waals surface area contributed by atoms with E-state index in [1.54, 1.807) is 11.3 Å². The summed E-state index contributed by atoms with van der Waals surface area (Å²) >= 11 is 7.98. The Labute approximate surface area is 168 Å². The van der Waals surface area contributed by atoms with Gasteiger partial charge >= 0.3 is 0 Å². The van der Waals surface area contributed by atoms with Crippen LogP contribution in [-0.4, -0.2) is 29.8 Å². The van der Waals surface area contributed by atoms with Crippen LogP contribution in [0.5, 0.6) is 5.75 Å². The third kappa shape index (κ3) is 3.69. The highest BCUT2D eigenvalue weighted by Crippen LogP contribution is 2.42. The fourth-order valence-corrected chi connectivity index (χ4v) is 4.81. The molecule has 0 amide bonds. The van der Waals surface area contributed by atoms with Crippen molar-refractivity contribution in [2.45, 2.75) is 26.4 Å². The van der Waals surface area contributed by atoms with Crippen LogP contribution in [0.2, 0.25) is 5.02 Å². The van der Waals surface area contributed by atoms with Crippen LogP contribution in [0, 0.1) is 12.8 Å². The van der Waals surface area contributed by atoms with Crippen LogP contribution in [0.4, 0.5) is 0 Å². The average Bonchev–Trinajstić information content (AvgIpc) is 3.05. The predicted octanol–water partition coefficient (Wildman–Crippen LogP) is 4.97. The molecule has 1 atom stereocenters. The Bertz CT molecular complexity index is 968. The smallest absolute Gasteiger partial charge is 0.130 e. The van der Waals surface area contributed by atoms with Gasteiger partial charge in [-0.3, -0.25) is 4.98 Å². The zero-order valence-electron chi connectivity index (χ0n) is 15.5. The molecule has 0 bridgehead atoms. The van der Waals surface area contributed by atoms with Crippen molar-refractivity contribution >= 4 is 33.2 Å². The molecule has 3 heterocycles. The second-order valence-electron chi connectivity index (χ2n) is 7.08. The van der Waals surface area contributed by atoms with Crippen molar-refractivity contribution in [1.29, 1.82) is 0 Å². The second-order valence-corrected chi connectivity index (χ2v) is 8.60. The van der Waals surface area contributed by atoms with Gasteiger partial charge in [-0.25, -0.2) is 0 Å². The van der Waals surface area contributed by atoms with Gasteiger partial charge in [0.05, 0.1) is 22.9 Å². The normalized spacial score (nSPS) is 15.7. The van der Waals surface area contributed by atoms with E-state index in [2.05, 4.69) is 10.3 Å². The lowest BCUT2D eigenvalue weighted by Gasteiger charge is -2.27. The Kier molecular flexibility index (Phi) is 5.37. The van der Waals surface area contributed by atoms with Crippen LogP contribution in [-0.2, 0) is 0 Å². The summed E-state index contributed by atoms with van der Waals surface area (Å²) in [6.07, 6.45) is 2.03. The molecule has 1 unspecified atom stereocenters. The van der Waals surface area contributed by atoms with Gasteiger partial charge in [0.25, 0.3) is 0 Å². The van der Waals surface area contributed by atoms with Crippen LogP contribution in [0.15, 0.2) is 30.5 Å². The topological polar surface area (TPSA) is 54.4 Å². The summed E-state index contributed by atoms with van der Waals surface area (Å²) < 4.78 is 7.29. The first kappa shape index (κ1) is 18.7. The van der Waals surface area contributed by atoms with E-state index in [1.165, 1.54) is 0 Å². The fraction of sp³-hybridized carbons (Fsp3) is 0.381. The third-order valence-corrected chi connectivity index (χ3v) is 6.48. The van der Waals surface area contributed by atoms with E-state index in [1.807, 2.05) is 44.3 Å². The molecular weight excluding hydrogens is 380 g/mol. The molecule has 0 spiro atoms. The number of aliphatic hydroxyl groups is 1. The van der Waals surface area contributed by atoms with Gasteiger partial charge in [-0.15, -0.1) is 11.3 Å². The molecule has 27 heavy (non-hydrogen) atoms. The van der Waals surface area contributed by atoms with Gasteiger partial charge in [0.1, 0.15) is 5.75 Å². The minimum absolute atomic E-state index is 0.458. The number of thiophene rings is 1. The van der Waals surface area contributed by atoms with Crippen molar-refractivity contribution in [1.82, 2.24) is 10.3 Å². The van der Waals surface area contributed by atoms with Gasteiger partial charge in [-0.2, -0.15) is 0 Å². The molecule has 1 fully saturated rings. The number of hydrogen-bond acceptors (Lipinski definition) is 5. The predicted molar refractivity (Wildman–Crippen MR) is 112 cm³/mol. The largest absolute Gasteiger partial charge is 0.492 e. The third-order valence-electron chi connectivity index (χ3n) is 5.01.